The molecule has 150 valence electrons. The monoisotopic (exact) mass is 431 g/mol. The largest absolute Gasteiger partial charge is 0.421 e. The topological polar surface area (TPSA) is 100 Å². The number of benzene rings is 1. The lowest BCUT2D eigenvalue weighted by atomic mass is 10.00. The number of likely N-dealkylation sites (N-methyl/N-ethyl adjacent to an activating group) is 1. The number of thiophene rings is 1. The number of fused-ring (bicyclic) bond motifs is 1. The molecule has 0 aliphatic carbocycles. The van der Waals surface area contributed by atoms with Crippen LogP contribution in [0.3, 0.4) is 0 Å². The summed E-state index contributed by atoms with van der Waals surface area (Å²) in [7, 11) is 0. The zero-order chi connectivity index (χ0) is 20.4. The third kappa shape index (κ3) is 4.16. The van der Waals surface area contributed by atoms with E-state index in [-0.39, 0.29) is 11.7 Å². The third-order valence-corrected chi connectivity index (χ3v) is 6.08. The van der Waals surface area contributed by atoms with Gasteiger partial charge in [0.15, 0.2) is 0 Å². The highest BCUT2D eigenvalue weighted by Gasteiger charge is 2.30. The first kappa shape index (κ1) is 19.6. The van der Waals surface area contributed by atoms with Crippen molar-refractivity contribution < 1.29 is 14.0 Å². The maximum Gasteiger partial charge on any atom is 0.324 e. The van der Waals surface area contributed by atoms with Gasteiger partial charge >= 0.3 is 6.03 Å². The highest BCUT2D eigenvalue weighted by molar-refractivity contribution is 7.17. The molecule has 1 aromatic carbocycles. The minimum atomic E-state index is -0.446. The maximum atomic E-state index is 13.0. The van der Waals surface area contributed by atoms with Crippen LogP contribution in [0.4, 0.5) is 15.5 Å². The number of carbonyl (C=O) groups excluding carboxylic acids is 2. The van der Waals surface area contributed by atoms with Crippen molar-refractivity contribution in [2.75, 3.05) is 23.7 Å². The Morgan fingerprint density at radius 2 is 2.07 bits per heavy atom. The molecule has 0 radical (unpaired) electrons. The Hall–Kier alpha value is -2.75. The maximum absolute atomic E-state index is 13.0. The first-order valence-electron chi connectivity index (χ1n) is 9.06. The predicted octanol–water partition coefficient (Wildman–Crippen LogP) is 4.04. The Balaban J connectivity index is 1.63. The fourth-order valence-corrected chi connectivity index (χ4v) is 4.64. The summed E-state index contributed by atoms with van der Waals surface area (Å²) in [5.74, 6) is -0.476. The van der Waals surface area contributed by atoms with E-state index >= 15 is 0 Å². The molecule has 3 aromatic rings. The number of hydrogen-bond donors (Lipinski definition) is 2. The quantitative estimate of drug-likeness (QED) is 0.591. The molecule has 0 spiro atoms. The summed E-state index contributed by atoms with van der Waals surface area (Å²) in [6.45, 7) is 4.60. The van der Waals surface area contributed by atoms with Gasteiger partial charge in [0.2, 0.25) is 6.39 Å². The number of ketones is 1. The number of anilines is 2. The molecule has 1 aliphatic rings. The number of nitrogens with one attached hydrogen (secondary N) is 2. The summed E-state index contributed by atoms with van der Waals surface area (Å²) >= 11 is 7.28. The number of urea groups is 1. The van der Waals surface area contributed by atoms with Gasteiger partial charge in [-0.3, -0.25) is 15.0 Å². The standard InChI is InChI=1S/C19H18ClN5O3S/c1-2-25-8-7-13-14(9-25)29-18(15(13)16(26)17-24-21-10-28-17)23-19(27)22-12-5-3-11(20)4-6-12/h3-6,10H,2,7-9H2,1H3,(H2,22,23,27). The van der Waals surface area contributed by atoms with Gasteiger partial charge in [0.25, 0.3) is 11.7 Å². The summed E-state index contributed by atoms with van der Waals surface area (Å²) in [5.41, 5.74) is 1.95. The molecule has 0 saturated carbocycles. The Morgan fingerprint density at radius 1 is 1.28 bits per heavy atom. The van der Waals surface area contributed by atoms with Crippen molar-refractivity contribution in [1.29, 1.82) is 0 Å². The van der Waals surface area contributed by atoms with E-state index in [4.69, 9.17) is 16.0 Å². The molecule has 0 bridgehead atoms. The molecule has 0 fully saturated rings. The number of amides is 2. The van der Waals surface area contributed by atoms with Crippen molar-refractivity contribution in [3.05, 3.63) is 57.6 Å². The molecule has 3 heterocycles. The SMILES string of the molecule is CCN1CCc2c(sc(NC(=O)Nc3ccc(Cl)cc3)c2C(=O)c2nnco2)C1. The van der Waals surface area contributed by atoms with Crippen LogP contribution in [0, 0.1) is 0 Å². The molecule has 29 heavy (non-hydrogen) atoms. The van der Waals surface area contributed by atoms with Crippen LogP contribution >= 0.6 is 22.9 Å². The van der Waals surface area contributed by atoms with Crippen LogP contribution in [0.1, 0.15) is 33.6 Å². The average molecular weight is 432 g/mol. The highest BCUT2D eigenvalue weighted by Crippen LogP contribution is 2.38. The van der Waals surface area contributed by atoms with E-state index in [1.165, 1.54) is 11.3 Å². The molecule has 2 N–H and O–H groups in total. The van der Waals surface area contributed by atoms with E-state index < -0.39 is 6.03 Å². The van der Waals surface area contributed by atoms with Crippen LogP contribution in [0.2, 0.25) is 5.02 Å². The zero-order valence-corrected chi connectivity index (χ0v) is 17.1. The van der Waals surface area contributed by atoms with Gasteiger partial charge in [-0.2, -0.15) is 0 Å². The zero-order valence-electron chi connectivity index (χ0n) is 15.6. The Kier molecular flexibility index (Phi) is 5.61. The fourth-order valence-electron chi connectivity index (χ4n) is 3.23. The molecule has 0 saturated heterocycles. The fraction of sp³-hybridized carbons (Fsp3) is 0.263. The Morgan fingerprint density at radius 3 is 2.76 bits per heavy atom. The Labute approximate surface area is 175 Å². The van der Waals surface area contributed by atoms with Gasteiger partial charge in [0, 0.05) is 28.7 Å². The second kappa shape index (κ2) is 8.32. The Bertz CT molecular complexity index is 1030. The number of halogens is 1. The molecular weight excluding hydrogens is 414 g/mol. The van der Waals surface area contributed by atoms with Crippen molar-refractivity contribution in [2.45, 2.75) is 19.9 Å². The summed E-state index contributed by atoms with van der Waals surface area (Å²) in [6.07, 6.45) is 1.83. The van der Waals surface area contributed by atoms with E-state index in [1.54, 1.807) is 24.3 Å². The van der Waals surface area contributed by atoms with Gasteiger partial charge in [-0.1, -0.05) is 18.5 Å². The van der Waals surface area contributed by atoms with Gasteiger partial charge in [-0.25, -0.2) is 4.79 Å². The van der Waals surface area contributed by atoms with Gasteiger partial charge in [0.05, 0.1) is 5.56 Å². The smallest absolute Gasteiger partial charge is 0.324 e. The van der Waals surface area contributed by atoms with Gasteiger partial charge < -0.3 is 9.73 Å². The van der Waals surface area contributed by atoms with Crippen LogP contribution in [0.15, 0.2) is 35.1 Å². The van der Waals surface area contributed by atoms with E-state index in [1.807, 2.05) is 0 Å². The van der Waals surface area contributed by atoms with E-state index in [0.29, 0.717) is 21.3 Å². The minimum absolute atomic E-state index is 0.0929. The predicted molar refractivity (Wildman–Crippen MR) is 111 cm³/mol. The van der Waals surface area contributed by atoms with Crippen LogP contribution in [0.25, 0.3) is 0 Å². The lowest BCUT2D eigenvalue weighted by Gasteiger charge is -2.25. The summed E-state index contributed by atoms with van der Waals surface area (Å²) in [6, 6.07) is 6.32. The van der Waals surface area contributed by atoms with Gasteiger partial charge in [0.1, 0.15) is 5.00 Å². The van der Waals surface area contributed by atoms with Crippen molar-refractivity contribution in [3.63, 3.8) is 0 Å². The van der Waals surface area contributed by atoms with Gasteiger partial charge in [-0.15, -0.1) is 21.5 Å². The molecule has 0 atom stereocenters. The third-order valence-electron chi connectivity index (χ3n) is 4.69. The van der Waals surface area contributed by atoms with E-state index in [2.05, 4.69) is 32.7 Å². The van der Waals surface area contributed by atoms with Crippen LogP contribution in [-0.2, 0) is 13.0 Å². The highest BCUT2D eigenvalue weighted by atomic mass is 35.5. The minimum Gasteiger partial charge on any atom is -0.421 e. The normalized spacial score (nSPS) is 13.7. The number of carbonyl (C=O) groups is 2. The summed E-state index contributed by atoms with van der Waals surface area (Å²) in [4.78, 5) is 28.9. The molecule has 1 aliphatic heterocycles. The molecule has 10 heteroatoms. The summed E-state index contributed by atoms with van der Waals surface area (Å²) < 4.78 is 5.10. The average Bonchev–Trinajstić information content (AvgIpc) is 3.36. The second-order valence-electron chi connectivity index (χ2n) is 6.49. The first-order valence-corrected chi connectivity index (χ1v) is 10.3. The van der Waals surface area contributed by atoms with E-state index in [0.717, 1.165) is 42.9 Å². The molecule has 2 aromatic heterocycles. The summed E-state index contributed by atoms with van der Waals surface area (Å²) in [5, 5.41) is 13.9. The number of rotatable bonds is 5. The van der Waals surface area contributed by atoms with Gasteiger partial charge in [-0.05, 0) is 42.8 Å². The number of hydrogen-bond acceptors (Lipinski definition) is 7. The van der Waals surface area contributed by atoms with Crippen molar-refractivity contribution in [3.8, 4) is 0 Å². The van der Waals surface area contributed by atoms with Crippen LogP contribution in [-0.4, -0.2) is 40.0 Å². The molecule has 0 unspecified atom stereocenters. The lowest BCUT2D eigenvalue weighted by molar-refractivity contribution is 0.100. The van der Waals surface area contributed by atoms with Crippen molar-refractivity contribution >= 4 is 45.4 Å². The lowest BCUT2D eigenvalue weighted by Crippen LogP contribution is -2.30. The van der Waals surface area contributed by atoms with E-state index in [9.17, 15) is 9.59 Å². The van der Waals surface area contributed by atoms with Crippen molar-refractivity contribution in [2.24, 2.45) is 0 Å². The molecule has 2 amide bonds. The second-order valence-corrected chi connectivity index (χ2v) is 8.03. The molecular formula is C19H18ClN5O3S. The number of nitrogens with zero attached hydrogens (tertiary/aromatic N) is 3. The molecule has 4 rings (SSSR count). The van der Waals surface area contributed by atoms with Crippen molar-refractivity contribution in [1.82, 2.24) is 15.1 Å². The van der Waals surface area contributed by atoms with Crippen LogP contribution < -0.4 is 10.6 Å². The first-order chi connectivity index (χ1) is 14.0. The molecule has 8 nitrogen and oxygen atoms in total. The van der Waals surface area contributed by atoms with Crippen LogP contribution in [0.5, 0.6) is 0 Å². The number of aromatic nitrogens is 2.